The number of rotatable bonds is 4. The number of para-hydroxylation sites is 1. The molecule has 3 nitrogen and oxygen atoms in total. The number of nitrogens with zero attached hydrogens (tertiary/aromatic N) is 2. The van der Waals surface area contributed by atoms with E-state index >= 15 is 0 Å². The average molecular weight is 668 g/mol. The molecule has 0 unspecified atom stereocenters. The molecular weight excluding hydrogens is 633 g/mol. The SMILES string of the molecule is Cc1ccnc(-c2ccccc2O)c1.[2H]C([2H])(c1ccc2c(-c3[c-]c(C)cc(C)c3)nccc2c1)C(C)C.[Ir]. The van der Waals surface area contributed by atoms with Gasteiger partial charge in [0, 0.05) is 40.8 Å². The molecule has 3 aromatic carbocycles. The van der Waals surface area contributed by atoms with Gasteiger partial charge in [0.2, 0.25) is 0 Å². The monoisotopic (exact) mass is 668 g/mol. The maximum absolute atomic E-state index is 9.61. The number of aromatic hydroxyl groups is 1. The first kappa shape index (κ1) is 25.3. The fraction of sp³-hybridized carbons (Fsp3) is 0.212. The van der Waals surface area contributed by atoms with Crippen LogP contribution in [0.1, 0.15) is 38.8 Å². The van der Waals surface area contributed by atoms with Crippen molar-refractivity contribution in [3.8, 4) is 28.3 Å². The second-order valence-electron chi connectivity index (χ2n) is 9.38. The van der Waals surface area contributed by atoms with Gasteiger partial charge in [0.05, 0.1) is 5.69 Å². The maximum atomic E-state index is 9.61. The fourth-order valence-electron chi connectivity index (χ4n) is 4.21. The topological polar surface area (TPSA) is 46.0 Å². The molecule has 2 heterocycles. The van der Waals surface area contributed by atoms with Gasteiger partial charge in [-0.2, -0.15) is 0 Å². The number of benzene rings is 3. The minimum Gasteiger partial charge on any atom is -0.507 e. The summed E-state index contributed by atoms with van der Waals surface area (Å²) in [4.78, 5) is 8.77. The Morgan fingerprint density at radius 3 is 2.32 bits per heavy atom. The van der Waals surface area contributed by atoms with E-state index in [9.17, 15) is 5.11 Å². The number of phenolic OH excluding ortho intramolecular Hbond substituents is 1. The van der Waals surface area contributed by atoms with Crippen molar-refractivity contribution in [3.05, 3.63) is 114 Å². The number of phenols is 1. The summed E-state index contributed by atoms with van der Waals surface area (Å²) in [6, 6.07) is 26.4. The fourth-order valence-corrected chi connectivity index (χ4v) is 4.21. The zero-order valence-electron chi connectivity index (χ0n) is 23.8. The Morgan fingerprint density at radius 2 is 1.62 bits per heavy atom. The van der Waals surface area contributed by atoms with Crippen molar-refractivity contribution in [3.63, 3.8) is 0 Å². The van der Waals surface area contributed by atoms with E-state index in [1.54, 1.807) is 24.5 Å². The molecule has 37 heavy (non-hydrogen) atoms. The molecule has 1 radical (unpaired) electrons. The van der Waals surface area contributed by atoms with Crippen molar-refractivity contribution in [1.29, 1.82) is 0 Å². The van der Waals surface area contributed by atoms with Crippen molar-refractivity contribution >= 4 is 10.8 Å². The summed E-state index contributed by atoms with van der Waals surface area (Å²) in [5, 5.41) is 11.7. The number of pyridine rings is 2. The summed E-state index contributed by atoms with van der Waals surface area (Å²) >= 11 is 0. The molecular formula is C33H33IrN2O-. The first-order valence-electron chi connectivity index (χ1n) is 13.2. The van der Waals surface area contributed by atoms with Crippen LogP contribution in [0.3, 0.4) is 0 Å². The molecule has 2 aromatic heterocycles. The Bertz CT molecular complexity index is 1560. The largest absolute Gasteiger partial charge is 0.507 e. The molecule has 0 fully saturated rings. The molecule has 0 aliphatic carbocycles. The molecule has 0 saturated carbocycles. The molecule has 0 aliphatic rings. The van der Waals surface area contributed by atoms with Gasteiger partial charge in [-0.05, 0) is 77.1 Å². The Labute approximate surface area is 236 Å². The van der Waals surface area contributed by atoms with Gasteiger partial charge in [-0.3, -0.25) is 4.98 Å². The number of hydrogen-bond acceptors (Lipinski definition) is 3. The number of aryl methyl sites for hydroxylation is 3. The summed E-state index contributed by atoms with van der Waals surface area (Å²) in [5.74, 6) is 0.189. The normalized spacial score (nSPS) is 11.7. The first-order chi connectivity index (χ1) is 18.1. The van der Waals surface area contributed by atoms with Crippen LogP contribution in [-0.4, -0.2) is 15.1 Å². The zero-order chi connectivity index (χ0) is 27.4. The molecule has 5 aromatic rings. The van der Waals surface area contributed by atoms with Crippen molar-refractivity contribution in [2.75, 3.05) is 0 Å². The van der Waals surface area contributed by atoms with Gasteiger partial charge < -0.3 is 10.1 Å². The molecule has 191 valence electrons. The van der Waals surface area contributed by atoms with E-state index in [4.69, 9.17) is 2.74 Å². The number of fused-ring (bicyclic) bond motifs is 1. The van der Waals surface area contributed by atoms with Gasteiger partial charge in [-0.15, -0.1) is 34.9 Å². The van der Waals surface area contributed by atoms with Crippen LogP contribution in [0, 0.1) is 32.8 Å². The molecule has 0 bridgehead atoms. The van der Waals surface area contributed by atoms with E-state index < -0.39 is 6.37 Å². The zero-order valence-corrected chi connectivity index (χ0v) is 24.2. The molecule has 5 rings (SSSR count). The van der Waals surface area contributed by atoms with E-state index in [0.29, 0.717) is 5.56 Å². The van der Waals surface area contributed by atoms with Crippen LogP contribution in [-0.2, 0) is 26.5 Å². The number of aromatic nitrogens is 2. The first-order valence-corrected chi connectivity index (χ1v) is 12.2. The van der Waals surface area contributed by atoms with Crippen molar-refractivity contribution in [1.82, 2.24) is 9.97 Å². The molecule has 0 aliphatic heterocycles. The third kappa shape index (κ3) is 7.35. The third-order valence-corrected chi connectivity index (χ3v) is 5.72. The van der Waals surface area contributed by atoms with Crippen LogP contribution < -0.4 is 0 Å². The maximum Gasteiger partial charge on any atom is 0.124 e. The van der Waals surface area contributed by atoms with Crippen LogP contribution >= 0.6 is 0 Å². The summed E-state index contributed by atoms with van der Waals surface area (Å²) in [5.41, 5.74) is 7.60. The van der Waals surface area contributed by atoms with E-state index in [1.807, 2.05) is 76.2 Å². The van der Waals surface area contributed by atoms with Crippen molar-refractivity contribution < 1.29 is 28.0 Å². The Kier molecular flexibility index (Phi) is 8.74. The van der Waals surface area contributed by atoms with Crippen LogP contribution in [0.15, 0.2) is 85.2 Å². The summed E-state index contributed by atoms with van der Waals surface area (Å²) < 4.78 is 16.6. The Hall–Kier alpha value is -3.33. The quantitative estimate of drug-likeness (QED) is 0.196. The molecule has 0 amide bonds. The van der Waals surface area contributed by atoms with E-state index in [1.165, 1.54) is 5.56 Å². The van der Waals surface area contributed by atoms with Gasteiger partial charge >= 0.3 is 0 Å². The smallest absolute Gasteiger partial charge is 0.124 e. The summed E-state index contributed by atoms with van der Waals surface area (Å²) in [7, 11) is 0. The standard InChI is InChI=1S/C21H22N.C12H11NO.Ir/c1-14(2)9-17-5-6-20-18(13-17)7-8-22-21(20)19-11-15(3)10-16(4)12-19;1-9-6-7-13-11(8-9)10-4-2-3-5-12(10)14;/h5-8,10-11,13-14H,9H2,1-4H3;2-8,14H,1H3;/q-1;;/i9D2;;. The Balaban J connectivity index is 0.000000239. The van der Waals surface area contributed by atoms with Crippen LogP contribution in [0.25, 0.3) is 33.3 Å². The van der Waals surface area contributed by atoms with Crippen molar-refractivity contribution in [2.45, 2.75) is 41.0 Å². The second kappa shape index (κ2) is 12.8. The van der Waals surface area contributed by atoms with E-state index in [-0.39, 0.29) is 31.8 Å². The van der Waals surface area contributed by atoms with Gasteiger partial charge in [-0.25, -0.2) is 0 Å². The Morgan fingerprint density at radius 1 is 0.865 bits per heavy atom. The van der Waals surface area contributed by atoms with Gasteiger partial charge in [0.25, 0.3) is 0 Å². The van der Waals surface area contributed by atoms with Crippen molar-refractivity contribution in [2.24, 2.45) is 5.92 Å². The van der Waals surface area contributed by atoms with Crippen LogP contribution in [0.4, 0.5) is 0 Å². The average Bonchev–Trinajstić information content (AvgIpc) is 2.88. The second-order valence-corrected chi connectivity index (χ2v) is 9.38. The number of hydrogen-bond donors (Lipinski definition) is 1. The van der Waals surface area contributed by atoms with Crippen LogP contribution in [0.5, 0.6) is 5.75 Å². The van der Waals surface area contributed by atoms with Gasteiger partial charge in [-0.1, -0.05) is 58.0 Å². The minimum absolute atomic E-state index is 0. The molecule has 0 saturated heterocycles. The van der Waals surface area contributed by atoms with Crippen LogP contribution in [0.2, 0.25) is 0 Å². The molecule has 0 spiro atoms. The molecule has 1 N–H and O–H groups in total. The van der Waals surface area contributed by atoms with E-state index in [0.717, 1.165) is 44.4 Å². The minimum atomic E-state index is -1.34. The molecule has 0 atom stereocenters. The predicted molar refractivity (Wildman–Crippen MR) is 150 cm³/mol. The molecule has 4 heteroatoms. The predicted octanol–water partition coefficient (Wildman–Crippen LogP) is 8.28. The third-order valence-electron chi connectivity index (χ3n) is 5.72. The van der Waals surface area contributed by atoms with Gasteiger partial charge in [0.15, 0.2) is 0 Å². The summed E-state index contributed by atoms with van der Waals surface area (Å²) in [6.07, 6.45) is 2.19. The van der Waals surface area contributed by atoms with E-state index in [2.05, 4.69) is 35.1 Å². The summed E-state index contributed by atoms with van der Waals surface area (Å²) in [6.45, 7) is 9.94. The van der Waals surface area contributed by atoms with Gasteiger partial charge in [0.1, 0.15) is 5.75 Å².